The molecule has 0 aliphatic carbocycles. The Balaban J connectivity index is 1.83. The Bertz CT molecular complexity index is 334. The third-order valence-corrected chi connectivity index (χ3v) is 3.14. The van der Waals surface area contributed by atoms with E-state index in [9.17, 15) is 0 Å². The van der Waals surface area contributed by atoms with Gasteiger partial charge in [0.05, 0.1) is 5.84 Å². The molecular formula is C13H19N3. The lowest BCUT2D eigenvalue weighted by Gasteiger charge is -2.16. The lowest BCUT2D eigenvalue weighted by molar-refractivity contribution is 0.516. The average Bonchev–Trinajstić information content (AvgIpc) is 2.52. The van der Waals surface area contributed by atoms with Gasteiger partial charge in [-0.2, -0.15) is 0 Å². The van der Waals surface area contributed by atoms with Gasteiger partial charge in [0.25, 0.3) is 0 Å². The zero-order valence-corrected chi connectivity index (χ0v) is 9.58. The second kappa shape index (κ2) is 5.64. The van der Waals surface area contributed by atoms with Crippen LogP contribution < -0.4 is 5.32 Å². The molecule has 16 heavy (non-hydrogen) atoms. The molecule has 1 aliphatic rings. The Hall–Kier alpha value is -1.38. The van der Waals surface area contributed by atoms with E-state index in [0.717, 1.165) is 31.5 Å². The SMILES string of the molecule is N=C1CCCCC(CCc2ccncc2)N1. The molecule has 3 nitrogen and oxygen atoms in total. The molecule has 86 valence electrons. The minimum atomic E-state index is 0.489. The monoisotopic (exact) mass is 217 g/mol. The van der Waals surface area contributed by atoms with Crippen molar-refractivity contribution in [2.75, 3.05) is 0 Å². The highest BCUT2D eigenvalue weighted by molar-refractivity contribution is 5.79. The first kappa shape index (κ1) is 11.1. The molecule has 2 rings (SSSR count). The van der Waals surface area contributed by atoms with Crippen molar-refractivity contribution in [2.45, 2.75) is 44.6 Å². The zero-order chi connectivity index (χ0) is 11.2. The quantitative estimate of drug-likeness (QED) is 0.817. The van der Waals surface area contributed by atoms with Crippen LogP contribution in [0.3, 0.4) is 0 Å². The van der Waals surface area contributed by atoms with Crippen LogP contribution in [-0.4, -0.2) is 16.9 Å². The highest BCUT2D eigenvalue weighted by Gasteiger charge is 2.13. The molecule has 0 amide bonds. The number of rotatable bonds is 3. The van der Waals surface area contributed by atoms with E-state index in [0.29, 0.717) is 6.04 Å². The minimum absolute atomic E-state index is 0.489. The van der Waals surface area contributed by atoms with Crippen molar-refractivity contribution in [3.63, 3.8) is 0 Å². The highest BCUT2D eigenvalue weighted by atomic mass is 15.0. The summed E-state index contributed by atoms with van der Waals surface area (Å²) in [5.41, 5.74) is 1.34. The summed E-state index contributed by atoms with van der Waals surface area (Å²) in [6, 6.07) is 4.63. The summed E-state index contributed by atoms with van der Waals surface area (Å²) in [5, 5.41) is 11.0. The molecule has 2 heterocycles. The van der Waals surface area contributed by atoms with Crippen molar-refractivity contribution in [1.29, 1.82) is 5.41 Å². The van der Waals surface area contributed by atoms with E-state index >= 15 is 0 Å². The van der Waals surface area contributed by atoms with Crippen molar-refractivity contribution < 1.29 is 0 Å². The lowest BCUT2D eigenvalue weighted by Crippen LogP contribution is -2.32. The van der Waals surface area contributed by atoms with E-state index in [2.05, 4.69) is 22.4 Å². The first-order valence-electron chi connectivity index (χ1n) is 6.07. The van der Waals surface area contributed by atoms with Crippen LogP contribution in [0.25, 0.3) is 0 Å². The molecule has 0 spiro atoms. The molecular weight excluding hydrogens is 198 g/mol. The second-order valence-corrected chi connectivity index (χ2v) is 4.46. The predicted molar refractivity (Wildman–Crippen MR) is 65.7 cm³/mol. The number of pyridine rings is 1. The summed E-state index contributed by atoms with van der Waals surface area (Å²) in [5.74, 6) is 0.720. The Morgan fingerprint density at radius 2 is 2.12 bits per heavy atom. The van der Waals surface area contributed by atoms with Gasteiger partial charge in [-0.05, 0) is 43.4 Å². The number of hydrogen-bond acceptors (Lipinski definition) is 2. The molecule has 0 bridgehead atoms. The first-order chi connectivity index (χ1) is 7.84. The van der Waals surface area contributed by atoms with Crippen LogP contribution in [0.15, 0.2) is 24.5 Å². The first-order valence-corrected chi connectivity index (χ1v) is 6.07. The average molecular weight is 217 g/mol. The molecule has 1 aromatic rings. The van der Waals surface area contributed by atoms with E-state index in [-0.39, 0.29) is 0 Å². The fourth-order valence-corrected chi connectivity index (χ4v) is 2.19. The maximum absolute atomic E-state index is 7.72. The molecule has 1 aliphatic heterocycles. The van der Waals surface area contributed by atoms with Gasteiger partial charge in [0.1, 0.15) is 0 Å². The van der Waals surface area contributed by atoms with Crippen molar-refractivity contribution >= 4 is 5.84 Å². The molecule has 1 unspecified atom stereocenters. The Kier molecular flexibility index (Phi) is 3.91. The smallest absolute Gasteiger partial charge is 0.0933 e. The zero-order valence-electron chi connectivity index (χ0n) is 9.58. The summed E-state index contributed by atoms with van der Waals surface area (Å²) in [6.45, 7) is 0. The number of aryl methyl sites for hydroxylation is 1. The number of aromatic nitrogens is 1. The van der Waals surface area contributed by atoms with Gasteiger partial charge in [0.15, 0.2) is 0 Å². The summed E-state index contributed by atoms with van der Waals surface area (Å²) in [6.07, 6.45) is 10.4. The fraction of sp³-hybridized carbons (Fsp3) is 0.538. The summed E-state index contributed by atoms with van der Waals surface area (Å²) in [7, 11) is 0. The molecule has 1 aromatic heterocycles. The summed E-state index contributed by atoms with van der Waals surface area (Å²) >= 11 is 0. The fourth-order valence-electron chi connectivity index (χ4n) is 2.19. The van der Waals surface area contributed by atoms with Crippen LogP contribution in [0.5, 0.6) is 0 Å². The van der Waals surface area contributed by atoms with Gasteiger partial charge in [0, 0.05) is 24.9 Å². The van der Waals surface area contributed by atoms with Crippen LogP contribution in [-0.2, 0) is 6.42 Å². The van der Waals surface area contributed by atoms with E-state index in [1.54, 1.807) is 0 Å². The number of nitrogens with zero attached hydrogens (tertiary/aromatic N) is 1. The molecule has 0 saturated carbocycles. The maximum atomic E-state index is 7.72. The molecule has 1 saturated heterocycles. The largest absolute Gasteiger partial charge is 0.371 e. The van der Waals surface area contributed by atoms with Crippen molar-refractivity contribution in [1.82, 2.24) is 10.3 Å². The molecule has 2 N–H and O–H groups in total. The van der Waals surface area contributed by atoms with Crippen molar-refractivity contribution in [3.8, 4) is 0 Å². The molecule has 1 fully saturated rings. The summed E-state index contributed by atoms with van der Waals surface area (Å²) < 4.78 is 0. The number of nitrogens with one attached hydrogen (secondary N) is 2. The molecule has 0 radical (unpaired) electrons. The second-order valence-electron chi connectivity index (χ2n) is 4.46. The number of amidine groups is 1. The van der Waals surface area contributed by atoms with Gasteiger partial charge in [-0.25, -0.2) is 0 Å². The minimum Gasteiger partial charge on any atom is -0.371 e. The third kappa shape index (κ3) is 3.33. The van der Waals surface area contributed by atoms with Crippen molar-refractivity contribution in [2.24, 2.45) is 0 Å². The van der Waals surface area contributed by atoms with Crippen molar-refractivity contribution in [3.05, 3.63) is 30.1 Å². The normalized spacial score (nSPS) is 21.2. The van der Waals surface area contributed by atoms with Gasteiger partial charge in [-0.1, -0.05) is 6.42 Å². The van der Waals surface area contributed by atoms with Crippen LogP contribution >= 0.6 is 0 Å². The van der Waals surface area contributed by atoms with Crippen LogP contribution in [0.2, 0.25) is 0 Å². The highest BCUT2D eigenvalue weighted by Crippen LogP contribution is 2.14. The lowest BCUT2D eigenvalue weighted by atomic mass is 10.0. The Morgan fingerprint density at radius 3 is 2.94 bits per heavy atom. The van der Waals surface area contributed by atoms with Gasteiger partial charge in [0.2, 0.25) is 0 Å². The molecule has 3 heteroatoms. The van der Waals surface area contributed by atoms with E-state index < -0.39 is 0 Å². The molecule has 1 atom stereocenters. The van der Waals surface area contributed by atoms with Gasteiger partial charge in [-0.3, -0.25) is 10.4 Å². The predicted octanol–water partition coefficient (Wildman–Crippen LogP) is 2.52. The maximum Gasteiger partial charge on any atom is 0.0933 e. The summed E-state index contributed by atoms with van der Waals surface area (Å²) in [4.78, 5) is 4.02. The number of hydrogen-bond donors (Lipinski definition) is 2. The van der Waals surface area contributed by atoms with E-state index in [4.69, 9.17) is 5.41 Å². The van der Waals surface area contributed by atoms with E-state index in [1.807, 2.05) is 12.4 Å². The van der Waals surface area contributed by atoms with Gasteiger partial charge in [-0.15, -0.1) is 0 Å². The topological polar surface area (TPSA) is 48.8 Å². The van der Waals surface area contributed by atoms with Crippen LogP contribution in [0.1, 0.15) is 37.7 Å². The van der Waals surface area contributed by atoms with Crippen LogP contribution in [0, 0.1) is 5.41 Å². The van der Waals surface area contributed by atoms with E-state index in [1.165, 1.54) is 18.4 Å². The van der Waals surface area contributed by atoms with Gasteiger partial charge >= 0.3 is 0 Å². The molecule has 0 aromatic carbocycles. The Labute approximate surface area is 96.8 Å². The standard InChI is InChI=1S/C13H19N3/c14-13-4-2-1-3-12(16-13)6-5-11-7-9-15-10-8-11/h7-10,12H,1-6H2,(H2,14,16). The van der Waals surface area contributed by atoms with Crippen LogP contribution in [0.4, 0.5) is 0 Å². The Morgan fingerprint density at radius 1 is 1.31 bits per heavy atom. The third-order valence-electron chi connectivity index (χ3n) is 3.14. The van der Waals surface area contributed by atoms with Gasteiger partial charge < -0.3 is 5.32 Å².